The van der Waals surface area contributed by atoms with Crippen molar-refractivity contribution in [3.8, 4) is 0 Å². The minimum atomic E-state index is 0.278. The van der Waals surface area contributed by atoms with Crippen molar-refractivity contribution in [2.24, 2.45) is 0 Å². The fourth-order valence-corrected chi connectivity index (χ4v) is 2.49. The van der Waals surface area contributed by atoms with Crippen LogP contribution in [-0.4, -0.2) is 24.7 Å². The summed E-state index contributed by atoms with van der Waals surface area (Å²) in [6.07, 6.45) is 2.97. The highest BCUT2D eigenvalue weighted by Crippen LogP contribution is 2.24. The second-order valence-electron chi connectivity index (χ2n) is 4.86. The predicted octanol–water partition coefficient (Wildman–Crippen LogP) is 2.59. The highest BCUT2D eigenvalue weighted by atomic mass is 16.5. The highest BCUT2D eigenvalue weighted by Gasteiger charge is 2.16. The van der Waals surface area contributed by atoms with Gasteiger partial charge in [-0.15, -0.1) is 0 Å². The fraction of sp³-hybridized carbons (Fsp3) is 0.400. The Morgan fingerprint density at radius 1 is 1.33 bits per heavy atom. The molecule has 1 aliphatic heterocycles. The molecular weight excluding hydrogens is 224 g/mol. The molecule has 2 heterocycles. The lowest BCUT2D eigenvalue weighted by Gasteiger charge is -2.17. The van der Waals surface area contributed by atoms with Crippen molar-refractivity contribution in [2.75, 3.05) is 19.8 Å². The zero-order chi connectivity index (χ0) is 12.4. The van der Waals surface area contributed by atoms with Gasteiger partial charge in [0.2, 0.25) is 0 Å². The Hall–Kier alpha value is -1.45. The number of pyridine rings is 1. The molecule has 0 bridgehead atoms. The van der Waals surface area contributed by atoms with Crippen molar-refractivity contribution in [1.82, 2.24) is 10.3 Å². The molecule has 3 heteroatoms. The van der Waals surface area contributed by atoms with E-state index in [1.165, 1.54) is 16.5 Å². The Morgan fingerprint density at radius 3 is 3.22 bits per heavy atom. The predicted molar refractivity (Wildman–Crippen MR) is 72.7 cm³/mol. The third-order valence-electron chi connectivity index (χ3n) is 3.45. The number of ether oxygens (including phenoxy) is 1. The summed E-state index contributed by atoms with van der Waals surface area (Å²) in [5.41, 5.74) is 3.61. The molecule has 0 aliphatic carbocycles. The Bertz CT molecular complexity index is 545. The number of benzene rings is 1. The average Bonchev–Trinajstić information content (AvgIpc) is 2.66. The second kappa shape index (κ2) is 5.04. The Kier molecular flexibility index (Phi) is 3.26. The zero-order valence-electron chi connectivity index (χ0n) is 10.6. The number of nitrogens with one attached hydrogen (secondary N) is 1. The third-order valence-corrected chi connectivity index (χ3v) is 3.45. The van der Waals surface area contributed by atoms with Crippen LogP contribution in [0.1, 0.15) is 23.6 Å². The normalized spacial score (nSPS) is 20.8. The number of hydrogen-bond acceptors (Lipinski definition) is 3. The van der Waals surface area contributed by atoms with Gasteiger partial charge in [0.05, 0.1) is 18.2 Å². The van der Waals surface area contributed by atoms with Crippen LogP contribution in [0.25, 0.3) is 10.9 Å². The van der Waals surface area contributed by atoms with Gasteiger partial charge < -0.3 is 10.1 Å². The van der Waals surface area contributed by atoms with E-state index in [0.29, 0.717) is 0 Å². The first-order valence-electron chi connectivity index (χ1n) is 6.51. The number of fused-ring (bicyclic) bond motifs is 1. The van der Waals surface area contributed by atoms with Crippen LogP contribution in [0.5, 0.6) is 0 Å². The molecule has 0 spiro atoms. The molecule has 3 nitrogen and oxygen atoms in total. The third kappa shape index (κ3) is 2.24. The van der Waals surface area contributed by atoms with E-state index in [4.69, 9.17) is 4.74 Å². The second-order valence-corrected chi connectivity index (χ2v) is 4.86. The van der Waals surface area contributed by atoms with Gasteiger partial charge in [-0.3, -0.25) is 4.98 Å². The van der Waals surface area contributed by atoms with Crippen LogP contribution in [0.4, 0.5) is 0 Å². The number of aromatic nitrogens is 1. The lowest BCUT2D eigenvalue weighted by molar-refractivity contribution is 0.132. The van der Waals surface area contributed by atoms with Gasteiger partial charge in [0, 0.05) is 18.2 Å². The number of aryl methyl sites for hydroxylation is 1. The summed E-state index contributed by atoms with van der Waals surface area (Å²) in [5, 5.41) is 4.78. The van der Waals surface area contributed by atoms with Crippen molar-refractivity contribution in [1.29, 1.82) is 0 Å². The largest absolute Gasteiger partial charge is 0.379 e. The van der Waals surface area contributed by atoms with Crippen molar-refractivity contribution >= 4 is 10.9 Å². The van der Waals surface area contributed by atoms with E-state index in [2.05, 4.69) is 41.5 Å². The smallest absolute Gasteiger partial charge is 0.0707 e. The molecular formula is C15H18N2O. The molecule has 2 aromatic rings. The topological polar surface area (TPSA) is 34.1 Å². The molecule has 1 aromatic heterocycles. The zero-order valence-corrected chi connectivity index (χ0v) is 10.6. The van der Waals surface area contributed by atoms with Crippen molar-refractivity contribution in [3.63, 3.8) is 0 Å². The first kappa shape index (κ1) is 11.6. The fourth-order valence-electron chi connectivity index (χ4n) is 2.49. The van der Waals surface area contributed by atoms with Crippen molar-refractivity contribution < 1.29 is 4.74 Å². The van der Waals surface area contributed by atoms with Gasteiger partial charge in [0.25, 0.3) is 0 Å². The SMILES string of the molecule is Cc1ccc2c(C3COCCCN3)ccnc2c1. The summed E-state index contributed by atoms with van der Waals surface area (Å²) in [4.78, 5) is 4.45. The summed E-state index contributed by atoms with van der Waals surface area (Å²) in [6, 6.07) is 8.83. The molecule has 1 fully saturated rings. The van der Waals surface area contributed by atoms with E-state index < -0.39 is 0 Å². The maximum atomic E-state index is 5.65. The summed E-state index contributed by atoms with van der Waals surface area (Å²) in [7, 11) is 0. The van der Waals surface area contributed by atoms with E-state index in [9.17, 15) is 0 Å². The van der Waals surface area contributed by atoms with Gasteiger partial charge in [-0.25, -0.2) is 0 Å². The molecule has 1 N–H and O–H groups in total. The Labute approximate surface area is 107 Å². The minimum absolute atomic E-state index is 0.278. The molecule has 1 aromatic carbocycles. The van der Waals surface area contributed by atoms with Crippen molar-refractivity contribution in [3.05, 3.63) is 41.6 Å². The molecule has 94 valence electrons. The van der Waals surface area contributed by atoms with Gasteiger partial charge in [-0.2, -0.15) is 0 Å². The average molecular weight is 242 g/mol. The number of nitrogens with zero attached hydrogens (tertiary/aromatic N) is 1. The molecule has 0 amide bonds. The maximum absolute atomic E-state index is 5.65. The number of hydrogen-bond donors (Lipinski definition) is 1. The van der Waals surface area contributed by atoms with Gasteiger partial charge >= 0.3 is 0 Å². The monoisotopic (exact) mass is 242 g/mol. The molecule has 18 heavy (non-hydrogen) atoms. The van der Waals surface area contributed by atoms with Crippen LogP contribution in [0.2, 0.25) is 0 Å². The van der Waals surface area contributed by atoms with E-state index in [1.54, 1.807) is 0 Å². The standard InChI is InChI=1S/C15H18N2O/c1-11-3-4-12-13(5-7-17-14(12)9-11)15-10-18-8-2-6-16-15/h3-5,7,9,15-16H,2,6,8,10H2,1H3. The first-order chi connectivity index (χ1) is 8.84. The quantitative estimate of drug-likeness (QED) is 0.834. The summed E-state index contributed by atoms with van der Waals surface area (Å²) in [6.45, 7) is 4.71. The Balaban J connectivity index is 2.04. The maximum Gasteiger partial charge on any atom is 0.0707 e. The molecule has 0 radical (unpaired) electrons. The molecule has 1 unspecified atom stereocenters. The molecule has 1 atom stereocenters. The van der Waals surface area contributed by atoms with E-state index in [1.807, 2.05) is 6.20 Å². The minimum Gasteiger partial charge on any atom is -0.379 e. The van der Waals surface area contributed by atoms with Gasteiger partial charge in [-0.1, -0.05) is 12.1 Å². The lowest BCUT2D eigenvalue weighted by Crippen LogP contribution is -2.23. The van der Waals surface area contributed by atoms with Crippen LogP contribution in [0, 0.1) is 6.92 Å². The summed E-state index contributed by atoms with van der Waals surface area (Å²) < 4.78 is 5.65. The first-order valence-corrected chi connectivity index (χ1v) is 6.51. The molecule has 1 aliphatic rings. The van der Waals surface area contributed by atoms with Crippen LogP contribution >= 0.6 is 0 Å². The van der Waals surface area contributed by atoms with Gasteiger partial charge in [0.1, 0.15) is 0 Å². The molecule has 1 saturated heterocycles. The lowest BCUT2D eigenvalue weighted by atomic mass is 10.0. The highest BCUT2D eigenvalue weighted by molar-refractivity contribution is 5.83. The van der Waals surface area contributed by atoms with Crippen LogP contribution in [-0.2, 0) is 4.74 Å². The summed E-state index contributed by atoms with van der Waals surface area (Å²) >= 11 is 0. The van der Waals surface area contributed by atoms with E-state index >= 15 is 0 Å². The van der Waals surface area contributed by atoms with Crippen LogP contribution in [0.15, 0.2) is 30.5 Å². The summed E-state index contributed by atoms with van der Waals surface area (Å²) in [5.74, 6) is 0. The number of rotatable bonds is 1. The van der Waals surface area contributed by atoms with Crippen LogP contribution < -0.4 is 5.32 Å². The van der Waals surface area contributed by atoms with E-state index in [0.717, 1.165) is 31.7 Å². The van der Waals surface area contributed by atoms with Crippen molar-refractivity contribution in [2.45, 2.75) is 19.4 Å². The Morgan fingerprint density at radius 2 is 2.28 bits per heavy atom. The van der Waals surface area contributed by atoms with Crippen LogP contribution in [0.3, 0.4) is 0 Å². The molecule has 3 rings (SSSR count). The van der Waals surface area contributed by atoms with Gasteiger partial charge in [-0.05, 0) is 43.1 Å². The van der Waals surface area contributed by atoms with E-state index in [-0.39, 0.29) is 6.04 Å². The van der Waals surface area contributed by atoms with Gasteiger partial charge in [0.15, 0.2) is 0 Å². The molecule has 0 saturated carbocycles.